The smallest absolute Gasteiger partial charge is 0.0253 e. The summed E-state index contributed by atoms with van der Waals surface area (Å²) in [7, 11) is -0.981. The van der Waals surface area contributed by atoms with Gasteiger partial charge in [0, 0.05) is 8.07 Å². The summed E-state index contributed by atoms with van der Waals surface area (Å²) < 4.78 is 1.80. The summed E-state index contributed by atoms with van der Waals surface area (Å²) in [6.45, 7) is 7.09. The molecule has 1 fully saturated rings. The van der Waals surface area contributed by atoms with Gasteiger partial charge in [-0.05, 0) is 6.42 Å². The maximum Gasteiger partial charge on any atom is -0.0253 e. The van der Waals surface area contributed by atoms with Crippen molar-refractivity contribution in [3.8, 4) is 11.1 Å². The van der Waals surface area contributed by atoms with Gasteiger partial charge in [-0.3, -0.25) is 0 Å². The molecule has 0 nitrogen and oxygen atoms in total. The second kappa shape index (κ2) is 10.7. The molecule has 148 valence electrons. The summed E-state index contributed by atoms with van der Waals surface area (Å²) in [4.78, 5) is 0. The van der Waals surface area contributed by atoms with Crippen molar-refractivity contribution in [1.29, 1.82) is 0 Å². The molecule has 0 bridgehead atoms. The Morgan fingerprint density at radius 1 is 0.897 bits per heavy atom. The zero-order valence-electron chi connectivity index (χ0n) is 18.1. The molecule has 0 aliphatic heterocycles. The van der Waals surface area contributed by atoms with E-state index in [9.17, 15) is 0 Å². The van der Waals surface area contributed by atoms with E-state index in [0.29, 0.717) is 0 Å². The van der Waals surface area contributed by atoms with Crippen molar-refractivity contribution in [2.45, 2.75) is 58.2 Å². The van der Waals surface area contributed by atoms with Gasteiger partial charge in [0.2, 0.25) is 0 Å². The molecule has 0 saturated heterocycles. The fourth-order valence-corrected chi connectivity index (χ4v) is 5.91. The molecule has 0 unspecified atom stereocenters. The van der Waals surface area contributed by atoms with E-state index in [1.54, 1.807) is 32.6 Å². The molecule has 0 amide bonds. The van der Waals surface area contributed by atoms with Gasteiger partial charge in [-0.2, -0.15) is 48.0 Å². The summed E-state index contributed by atoms with van der Waals surface area (Å²) in [5.41, 5.74) is 5.51. The van der Waals surface area contributed by atoms with E-state index < -0.39 is 8.07 Å². The first-order valence-electron chi connectivity index (χ1n) is 10.8. The molecule has 3 aromatic carbocycles. The Hall–Kier alpha value is -1.24. The van der Waals surface area contributed by atoms with Gasteiger partial charge in [-0.15, -0.1) is 5.56 Å². The normalized spacial score (nSPS) is 14.7. The van der Waals surface area contributed by atoms with Crippen LogP contribution in [0.4, 0.5) is 0 Å². The van der Waals surface area contributed by atoms with Crippen LogP contribution in [0.25, 0.3) is 11.1 Å². The van der Waals surface area contributed by atoms with Gasteiger partial charge in [0.25, 0.3) is 0 Å². The molecular formula is C27H32SiZr. The van der Waals surface area contributed by atoms with Crippen molar-refractivity contribution in [2.24, 2.45) is 0 Å². The summed E-state index contributed by atoms with van der Waals surface area (Å²) in [6, 6.07) is 26.8. The van der Waals surface area contributed by atoms with E-state index in [4.69, 9.17) is 0 Å². The molecule has 0 aromatic heterocycles. The van der Waals surface area contributed by atoms with Crippen molar-refractivity contribution in [1.82, 2.24) is 0 Å². The SMILES string of the molecule is C[Si](C)(C)c1cc[cH-]c1.[Zr+2]=[C]1CCCCC1.[c-]1cccc2c1Cc1ccccc1-2. The van der Waals surface area contributed by atoms with Gasteiger partial charge >= 0.3 is 59.5 Å². The predicted octanol–water partition coefficient (Wildman–Crippen LogP) is 6.68. The zero-order valence-corrected chi connectivity index (χ0v) is 21.6. The quantitative estimate of drug-likeness (QED) is 0.213. The van der Waals surface area contributed by atoms with Crippen LogP contribution in [0, 0.1) is 6.07 Å². The second-order valence-corrected chi connectivity index (χ2v) is 15.8. The minimum atomic E-state index is -0.981. The zero-order chi connectivity index (χ0) is 20.7. The molecule has 2 aliphatic rings. The third kappa shape index (κ3) is 6.63. The number of fused-ring (bicyclic) bond motifs is 3. The van der Waals surface area contributed by atoms with Crippen LogP contribution in [0.15, 0.2) is 66.7 Å². The fraction of sp³-hybridized carbons (Fsp3) is 0.333. The van der Waals surface area contributed by atoms with E-state index in [2.05, 4.69) is 86.4 Å². The summed E-state index contributed by atoms with van der Waals surface area (Å²) in [5.74, 6) is 0. The van der Waals surface area contributed by atoms with E-state index in [0.717, 1.165) is 6.42 Å². The first kappa shape index (κ1) is 22.4. The molecular weight excluding hydrogens is 444 g/mol. The Labute approximate surface area is 193 Å². The van der Waals surface area contributed by atoms with Crippen LogP contribution in [0.3, 0.4) is 0 Å². The molecule has 0 radical (unpaired) electrons. The predicted molar refractivity (Wildman–Crippen MR) is 127 cm³/mol. The second-order valence-electron chi connectivity index (χ2n) is 8.98. The first-order valence-corrected chi connectivity index (χ1v) is 15.5. The monoisotopic (exact) mass is 474 g/mol. The van der Waals surface area contributed by atoms with E-state index >= 15 is 0 Å². The molecule has 0 heterocycles. The van der Waals surface area contributed by atoms with Crippen molar-refractivity contribution in [3.63, 3.8) is 0 Å². The number of rotatable bonds is 1. The largest absolute Gasteiger partial charge is 0.179 e. The van der Waals surface area contributed by atoms with Gasteiger partial charge in [-0.1, -0.05) is 55.0 Å². The molecule has 2 heteroatoms. The molecule has 5 rings (SSSR count). The molecule has 2 aliphatic carbocycles. The molecule has 0 spiro atoms. The fourth-order valence-electron chi connectivity index (χ4n) is 3.85. The van der Waals surface area contributed by atoms with E-state index in [1.165, 1.54) is 54.4 Å². The van der Waals surface area contributed by atoms with E-state index in [1.807, 2.05) is 6.07 Å². The van der Waals surface area contributed by atoms with Crippen molar-refractivity contribution in [2.75, 3.05) is 0 Å². The number of benzene rings is 2. The standard InChI is InChI=1S/C13H9.C8H13Si.C6H10.Zr/c1-3-7-12-10(5-1)9-11-6-2-4-8-13(11)12;1-9(2,3)8-6-4-5-7-8;1-2-4-6-5-3-1;/h1-5,7-8H,9H2;4-7H,1-3H3;1-5H2;/q2*-1;;+2. The summed E-state index contributed by atoms with van der Waals surface area (Å²) in [6.07, 6.45) is 8.36. The minimum absolute atomic E-state index is 0.981. The van der Waals surface area contributed by atoms with Crippen LogP contribution in [0.1, 0.15) is 43.2 Å². The van der Waals surface area contributed by atoms with Crippen LogP contribution in [0.5, 0.6) is 0 Å². The van der Waals surface area contributed by atoms with Crippen LogP contribution >= 0.6 is 0 Å². The Balaban J connectivity index is 0.000000132. The van der Waals surface area contributed by atoms with Crippen molar-refractivity contribution in [3.05, 3.63) is 83.9 Å². The van der Waals surface area contributed by atoms with Gasteiger partial charge in [0.15, 0.2) is 0 Å². The Morgan fingerprint density at radius 2 is 1.62 bits per heavy atom. The third-order valence-corrected chi connectivity index (χ3v) is 8.90. The van der Waals surface area contributed by atoms with Gasteiger partial charge in [0.1, 0.15) is 0 Å². The van der Waals surface area contributed by atoms with Crippen molar-refractivity contribution >= 4 is 16.5 Å². The average molecular weight is 476 g/mol. The molecule has 0 atom stereocenters. The number of hydrogen-bond donors (Lipinski definition) is 0. The molecule has 1 saturated carbocycles. The molecule has 3 aromatic rings. The third-order valence-electron chi connectivity index (χ3n) is 5.60. The minimum Gasteiger partial charge on any atom is -0.179 e. The maximum atomic E-state index is 3.30. The van der Waals surface area contributed by atoms with E-state index in [-0.39, 0.29) is 0 Å². The topological polar surface area (TPSA) is 0 Å². The van der Waals surface area contributed by atoms with Crippen molar-refractivity contribution < 1.29 is 24.2 Å². The molecule has 0 N–H and O–H groups in total. The average Bonchev–Trinajstić information content (AvgIpc) is 3.38. The number of hydrogen-bond acceptors (Lipinski definition) is 0. The Kier molecular flexibility index (Phi) is 8.27. The summed E-state index contributed by atoms with van der Waals surface area (Å²) >= 11 is 1.69. The Morgan fingerprint density at radius 3 is 2.21 bits per heavy atom. The van der Waals surface area contributed by atoms with Crippen LogP contribution in [-0.4, -0.2) is 11.3 Å². The van der Waals surface area contributed by atoms with Gasteiger partial charge in [-0.25, -0.2) is 11.3 Å². The molecule has 29 heavy (non-hydrogen) atoms. The van der Waals surface area contributed by atoms with Crippen LogP contribution < -0.4 is 5.19 Å². The first-order chi connectivity index (χ1) is 13.9. The van der Waals surface area contributed by atoms with Crippen LogP contribution in [0.2, 0.25) is 19.6 Å². The van der Waals surface area contributed by atoms with Gasteiger partial charge < -0.3 is 0 Å². The van der Waals surface area contributed by atoms with Gasteiger partial charge in [0.05, 0.1) is 0 Å². The van der Waals surface area contributed by atoms with Crippen LogP contribution in [-0.2, 0) is 30.7 Å². The Bertz CT molecular complexity index is 864. The maximum absolute atomic E-state index is 3.30. The summed E-state index contributed by atoms with van der Waals surface area (Å²) in [5, 5.41) is 1.56.